The highest BCUT2D eigenvalue weighted by molar-refractivity contribution is 5.96. The monoisotopic (exact) mass is 477 g/mol. The van der Waals surface area contributed by atoms with Crippen molar-refractivity contribution >= 4 is 16.8 Å². The zero-order chi connectivity index (χ0) is 26.0. The van der Waals surface area contributed by atoms with E-state index in [1.54, 1.807) is 0 Å². The summed E-state index contributed by atoms with van der Waals surface area (Å²) in [6.45, 7) is 14.4. The van der Waals surface area contributed by atoms with Gasteiger partial charge in [-0.05, 0) is 57.6 Å². The average molecular weight is 478 g/mol. The number of allylic oxidation sites excluding steroid dienone is 2. The Kier molecular flexibility index (Phi) is 11.4. The van der Waals surface area contributed by atoms with E-state index in [0.717, 1.165) is 33.7 Å². The Balaban J connectivity index is 0.000000360. The zero-order valence-electron chi connectivity index (χ0n) is 22.6. The number of rotatable bonds is 7. The second kappa shape index (κ2) is 14.0. The van der Waals surface area contributed by atoms with Gasteiger partial charge in [0.05, 0.1) is 18.0 Å². The number of hydrogen-bond donors (Lipinski definition) is 2. The van der Waals surface area contributed by atoms with Crippen molar-refractivity contribution in [1.82, 2.24) is 15.4 Å². The number of benzene rings is 1. The Hall–Kier alpha value is -2.75. The topological polar surface area (TPSA) is 85.1 Å². The number of hydrazine groups is 1. The highest BCUT2D eigenvalue weighted by Gasteiger charge is 2.18. The van der Waals surface area contributed by atoms with Gasteiger partial charge in [0.15, 0.2) is 5.82 Å². The van der Waals surface area contributed by atoms with E-state index in [4.69, 9.17) is 0 Å². The van der Waals surface area contributed by atoms with Crippen LogP contribution in [0.15, 0.2) is 30.6 Å². The van der Waals surface area contributed by atoms with Crippen molar-refractivity contribution in [2.24, 2.45) is 11.8 Å². The predicted octanol–water partition coefficient (Wildman–Crippen LogP) is 7.27. The summed E-state index contributed by atoms with van der Waals surface area (Å²) in [4.78, 5) is 8.57. The summed E-state index contributed by atoms with van der Waals surface area (Å²) < 4.78 is 0. The molecule has 0 amide bonds. The summed E-state index contributed by atoms with van der Waals surface area (Å²) in [7, 11) is 0. The van der Waals surface area contributed by atoms with Crippen molar-refractivity contribution in [3.8, 4) is 6.07 Å². The molecule has 0 aliphatic heterocycles. The maximum absolute atomic E-state index is 9.89. The van der Waals surface area contributed by atoms with Crippen LogP contribution in [0.5, 0.6) is 0 Å². The third-order valence-electron chi connectivity index (χ3n) is 6.84. The molecule has 1 aliphatic rings. The van der Waals surface area contributed by atoms with E-state index in [1.807, 2.05) is 52.8 Å². The molecule has 1 aliphatic carbocycles. The second-order valence-electron chi connectivity index (χ2n) is 10.1. The molecule has 1 heterocycles. The first-order valence-corrected chi connectivity index (χ1v) is 12.9. The van der Waals surface area contributed by atoms with Crippen LogP contribution in [0.25, 0.3) is 11.1 Å². The number of aryl methyl sites for hydroxylation is 2. The van der Waals surface area contributed by atoms with Gasteiger partial charge in [0, 0.05) is 11.6 Å². The van der Waals surface area contributed by atoms with Crippen LogP contribution in [0.2, 0.25) is 0 Å². The number of nitriles is 1. The van der Waals surface area contributed by atoms with Gasteiger partial charge in [0.1, 0.15) is 11.8 Å². The summed E-state index contributed by atoms with van der Waals surface area (Å²) in [5, 5.41) is 20.4. The van der Waals surface area contributed by atoms with Crippen LogP contribution in [0.1, 0.15) is 95.7 Å². The first-order valence-electron chi connectivity index (χ1n) is 12.9. The van der Waals surface area contributed by atoms with Crippen LogP contribution in [-0.4, -0.2) is 21.2 Å². The van der Waals surface area contributed by atoms with Gasteiger partial charge in [0.25, 0.3) is 0 Å². The fourth-order valence-corrected chi connectivity index (χ4v) is 4.53. The number of anilines is 1. The third-order valence-corrected chi connectivity index (χ3v) is 6.84. The van der Waals surface area contributed by atoms with Crippen molar-refractivity contribution in [2.75, 3.05) is 5.17 Å². The SMILES string of the molecule is C/C(=C(/C#N)c1ccc(C)cc1C)c1ncc(N(O)NC(C)C)cn1.CCC(C)C1CCCCC1. The molecule has 1 aromatic heterocycles. The summed E-state index contributed by atoms with van der Waals surface area (Å²) in [5.41, 5.74) is 7.56. The minimum absolute atomic E-state index is 0.0704. The van der Waals surface area contributed by atoms with Gasteiger partial charge in [0.2, 0.25) is 0 Å². The summed E-state index contributed by atoms with van der Waals surface area (Å²) in [6, 6.07) is 8.32. The van der Waals surface area contributed by atoms with E-state index in [2.05, 4.69) is 35.3 Å². The molecule has 1 unspecified atom stereocenters. The van der Waals surface area contributed by atoms with Crippen LogP contribution in [0.4, 0.5) is 5.69 Å². The third kappa shape index (κ3) is 8.45. The molecule has 6 nitrogen and oxygen atoms in total. The Labute approximate surface area is 212 Å². The fourth-order valence-electron chi connectivity index (χ4n) is 4.53. The molecular weight excluding hydrogens is 434 g/mol. The van der Waals surface area contributed by atoms with Crippen molar-refractivity contribution in [1.29, 1.82) is 5.26 Å². The van der Waals surface area contributed by atoms with Crippen molar-refractivity contribution in [3.63, 3.8) is 0 Å². The Morgan fingerprint density at radius 3 is 2.29 bits per heavy atom. The van der Waals surface area contributed by atoms with E-state index in [1.165, 1.54) is 50.9 Å². The van der Waals surface area contributed by atoms with Gasteiger partial charge < -0.3 is 0 Å². The number of nitrogens with one attached hydrogen (secondary N) is 1. The zero-order valence-corrected chi connectivity index (χ0v) is 22.6. The molecule has 0 spiro atoms. The van der Waals surface area contributed by atoms with Crippen LogP contribution in [0.3, 0.4) is 0 Å². The smallest absolute Gasteiger partial charge is 0.156 e. The maximum Gasteiger partial charge on any atom is 0.156 e. The highest BCUT2D eigenvalue weighted by Crippen LogP contribution is 2.31. The molecule has 0 radical (unpaired) electrons. The molecule has 0 bridgehead atoms. The lowest BCUT2D eigenvalue weighted by Crippen LogP contribution is -2.40. The lowest BCUT2D eigenvalue weighted by Gasteiger charge is -2.26. The molecule has 3 rings (SSSR count). The fraction of sp³-hybridized carbons (Fsp3) is 0.552. The second-order valence-corrected chi connectivity index (χ2v) is 10.1. The molecule has 6 heteroatoms. The molecule has 190 valence electrons. The van der Waals surface area contributed by atoms with Gasteiger partial charge in [-0.2, -0.15) is 10.4 Å². The summed E-state index contributed by atoms with van der Waals surface area (Å²) in [6.07, 6.45) is 11.9. The molecule has 2 aromatic rings. The molecule has 2 N–H and O–H groups in total. The number of nitrogens with zero attached hydrogens (tertiary/aromatic N) is 4. The van der Waals surface area contributed by atoms with Gasteiger partial charge in [-0.1, -0.05) is 76.1 Å². The molecule has 1 fully saturated rings. The average Bonchev–Trinajstić information content (AvgIpc) is 2.85. The quantitative estimate of drug-likeness (QED) is 0.322. The van der Waals surface area contributed by atoms with E-state index < -0.39 is 0 Å². The van der Waals surface area contributed by atoms with E-state index >= 15 is 0 Å². The number of aromatic nitrogens is 2. The van der Waals surface area contributed by atoms with E-state index in [-0.39, 0.29) is 6.04 Å². The first-order chi connectivity index (χ1) is 16.7. The minimum atomic E-state index is 0.0704. The molecule has 1 saturated carbocycles. The predicted molar refractivity (Wildman–Crippen MR) is 145 cm³/mol. The Morgan fingerprint density at radius 1 is 1.14 bits per heavy atom. The maximum atomic E-state index is 9.89. The van der Waals surface area contributed by atoms with Gasteiger partial charge in [-0.15, -0.1) is 0 Å². The summed E-state index contributed by atoms with van der Waals surface area (Å²) >= 11 is 0. The van der Waals surface area contributed by atoms with Crippen LogP contribution in [-0.2, 0) is 0 Å². The van der Waals surface area contributed by atoms with E-state index in [0.29, 0.717) is 22.7 Å². The van der Waals surface area contributed by atoms with Crippen molar-refractivity contribution in [2.45, 2.75) is 93.0 Å². The van der Waals surface area contributed by atoms with Crippen LogP contribution < -0.4 is 10.6 Å². The number of hydrogen-bond acceptors (Lipinski definition) is 6. The van der Waals surface area contributed by atoms with Gasteiger partial charge >= 0.3 is 0 Å². The molecule has 35 heavy (non-hydrogen) atoms. The lowest BCUT2D eigenvalue weighted by atomic mass is 9.80. The molecule has 0 saturated heterocycles. The molecule has 1 aromatic carbocycles. The van der Waals surface area contributed by atoms with Crippen LogP contribution in [0, 0.1) is 37.0 Å². The van der Waals surface area contributed by atoms with Crippen molar-refractivity contribution < 1.29 is 5.21 Å². The normalized spacial score (nSPS) is 15.5. The standard InChI is InChI=1S/C19H23N5O.C10H20/c1-12(2)23-24(25)16-10-21-19(22-11-16)15(5)18(9-20)17-7-6-13(3)8-14(17)4;1-3-9(2)10-7-5-4-6-8-10/h6-8,10-12,23,25H,1-5H3;9-10H,3-8H2,1-2H3/b18-15+;. The van der Waals surface area contributed by atoms with E-state index in [9.17, 15) is 10.5 Å². The lowest BCUT2D eigenvalue weighted by molar-refractivity contribution is 0.199. The molecule has 1 atom stereocenters. The van der Waals surface area contributed by atoms with Crippen molar-refractivity contribution in [3.05, 3.63) is 53.1 Å². The van der Waals surface area contributed by atoms with Gasteiger partial charge in [-0.25, -0.2) is 15.4 Å². The Bertz CT molecular complexity index is 1000. The Morgan fingerprint density at radius 2 is 1.77 bits per heavy atom. The summed E-state index contributed by atoms with van der Waals surface area (Å²) in [5.74, 6) is 2.51. The highest BCUT2D eigenvalue weighted by atomic mass is 16.5. The van der Waals surface area contributed by atoms with Gasteiger partial charge in [-0.3, -0.25) is 5.21 Å². The first kappa shape index (κ1) is 28.5. The minimum Gasteiger partial charge on any atom is -0.273 e. The molecular formula is C29H43N5O. The largest absolute Gasteiger partial charge is 0.273 e. The van der Waals surface area contributed by atoms with Crippen LogP contribution >= 0.6 is 0 Å².